The van der Waals surface area contributed by atoms with Crippen LogP contribution < -0.4 is 10.1 Å². The highest BCUT2D eigenvalue weighted by Crippen LogP contribution is 2.21. The summed E-state index contributed by atoms with van der Waals surface area (Å²) >= 11 is 0. The molecule has 0 bridgehead atoms. The van der Waals surface area contributed by atoms with Crippen LogP contribution in [0.15, 0.2) is 42.5 Å². The Bertz CT molecular complexity index is 540. The van der Waals surface area contributed by atoms with E-state index >= 15 is 0 Å². The van der Waals surface area contributed by atoms with Gasteiger partial charge in [0.1, 0.15) is 11.6 Å². The van der Waals surface area contributed by atoms with Crippen molar-refractivity contribution in [2.24, 2.45) is 0 Å². The third kappa shape index (κ3) is 2.80. The van der Waals surface area contributed by atoms with E-state index in [2.05, 4.69) is 5.32 Å². The molecular formula is C15H16FNO. The molecule has 0 aliphatic rings. The van der Waals surface area contributed by atoms with Crippen LogP contribution in [-0.2, 0) is 6.54 Å². The molecule has 2 aromatic carbocycles. The fourth-order valence-electron chi connectivity index (χ4n) is 1.85. The topological polar surface area (TPSA) is 21.3 Å². The fraction of sp³-hybridized carbons (Fsp3) is 0.200. The summed E-state index contributed by atoms with van der Waals surface area (Å²) in [5.74, 6) is 0.440. The molecule has 0 amide bonds. The highest BCUT2D eigenvalue weighted by atomic mass is 19.1. The van der Waals surface area contributed by atoms with Gasteiger partial charge in [-0.25, -0.2) is 4.39 Å². The Kier molecular flexibility index (Phi) is 3.82. The Balaban J connectivity index is 2.15. The number of benzene rings is 2. The minimum Gasteiger partial charge on any atom is -0.496 e. The third-order valence-electron chi connectivity index (χ3n) is 2.86. The molecule has 2 aromatic rings. The van der Waals surface area contributed by atoms with Crippen molar-refractivity contribution >= 4 is 5.69 Å². The minimum absolute atomic E-state index is 0.252. The van der Waals surface area contributed by atoms with E-state index in [9.17, 15) is 4.39 Å². The molecule has 94 valence electrons. The second kappa shape index (κ2) is 5.54. The number of rotatable bonds is 4. The van der Waals surface area contributed by atoms with Crippen molar-refractivity contribution in [3.63, 3.8) is 0 Å². The van der Waals surface area contributed by atoms with E-state index in [0.717, 1.165) is 16.8 Å². The Morgan fingerprint density at radius 1 is 1.17 bits per heavy atom. The van der Waals surface area contributed by atoms with E-state index in [-0.39, 0.29) is 5.82 Å². The number of aryl methyl sites for hydroxylation is 1. The Hall–Kier alpha value is -2.03. The van der Waals surface area contributed by atoms with E-state index in [0.29, 0.717) is 12.3 Å². The van der Waals surface area contributed by atoms with Crippen LogP contribution in [0.1, 0.15) is 11.1 Å². The fourth-order valence-corrected chi connectivity index (χ4v) is 1.85. The van der Waals surface area contributed by atoms with Crippen molar-refractivity contribution in [3.8, 4) is 5.75 Å². The average molecular weight is 245 g/mol. The SMILES string of the molecule is COc1ccc(F)cc1CNc1ccccc1C. The summed E-state index contributed by atoms with van der Waals surface area (Å²) in [5, 5.41) is 3.28. The van der Waals surface area contributed by atoms with E-state index in [1.54, 1.807) is 13.2 Å². The molecule has 3 heteroatoms. The summed E-state index contributed by atoms with van der Waals surface area (Å²) in [4.78, 5) is 0. The van der Waals surface area contributed by atoms with Crippen LogP contribution in [0.4, 0.5) is 10.1 Å². The van der Waals surface area contributed by atoms with Gasteiger partial charge in [-0.1, -0.05) is 18.2 Å². The molecule has 0 aromatic heterocycles. The van der Waals surface area contributed by atoms with Gasteiger partial charge >= 0.3 is 0 Å². The van der Waals surface area contributed by atoms with Crippen molar-refractivity contribution in [1.29, 1.82) is 0 Å². The monoisotopic (exact) mass is 245 g/mol. The van der Waals surface area contributed by atoms with Gasteiger partial charge in [-0.2, -0.15) is 0 Å². The molecule has 0 aliphatic carbocycles. The van der Waals surface area contributed by atoms with Gasteiger partial charge in [0.15, 0.2) is 0 Å². The first kappa shape index (κ1) is 12.4. The van der Waals surface area contributed by atoms with Gasteiger partial charge in [-0.15, -0.1) is 0 Å². The Labute approximate surface area is 106 Å². The van der Waals surface area contributed by atoms with Gasteiger partial charge in [0.05, 0.1) is 7.11 Å². The molecule has 2 nitrogen and oxygen atoms in total. The zero-order valence-electron chi connectivity index (χ0n) is 10.5. The van der Waals surface area contributed by atoms with Crippen LogP contribution in [0.25, 0.3) is 0 Å². The van der Waals surface area contributed by atoms with Gasteiger partial charge in [-0.3, -0.25) is 0 Å². The molecule has 18 heavy (non-hydrogen) atoms. The number of hydrogen-bond acceptors (Lipinski definition) is 2. The average Bonchev–Trinajstić information content (AvgIpc) is 2.38. The van der Waals surface area contributed by atoms with Crippen LogP contribution in [0.3, 0.4) is 0 Å². The van der Waals surface area contributed by atoms with Crippen LogP contribution in [0.2, 0.25) is 0 Å². The number of methoxy groups -OCH3 is 1. The molecule has 0 aliphatic heterocycles. The maximum absolute atomic E-state index is 13.2. The highest BCUT2D eigenvalue weighted by Gasteiger charge is 2.05. The number of anilines is 1. The van der Waals surface area contributed by atoms with Gasteiger partial charge in [0.2, 0.25) is 0 Å². The number of halogens is 1. The first-order valence-corrected chi connectivity index (χ1v) is 5.82. The van der Waals surface area contributed by atoms with Crippen molar-refractivity contribution < 1.29 is 9.13 Å². The van der Waals surface area contributed by atoms with Crippen molar-refractivity contribution in [1.82, 2.24) is 0 Å². The standard InChI is InChI=1S/C15H16FNO/c1-11-5-3-4-6-14(11)17-10-12-9-13(16)7-8-15(12)18-2/h3-9,17H,10H2,1-2H3. The molecule has 0 unspecified atom stereocenters. The first-order chi connectivity index (χ1) is 8.70. The lowest BCUT2D eigenvalue weighted by Crippen LogP contribution is -2.03. The van der Waals surface area contributed by atoms with Crippen LogP contribution in [0, 0.1) is 12.7 Å². The molecular weight excluding hydrogens is 229 g/mol. The van der Waals surface area contributed by atoms with Crippen molar-refractivity contribution in [3.05, 3.63) is 59.4 Å². The largest absolute Gasteiger partial charge is 0.496 e. The maximum atomic E-state index is 13.2. The van der Waals surface area contributed by atoms with Gasteiger partial charge in [-0.05, 0) is 36.8 Å². The third-order valence-corrected chi connectivity index (χ3v) is 2.86. The zero-order chi connectivity index (χ0) is 13.0. The lowest BCUT2D eigenvalue weighted by Gasteiger charge is -2.12. The Morgan fingerprint density at radius 3 is 2.67 bits per heavy atom. The summed E-state index contributed by atoms with van der Waals surface area (Å²) in [6.45, 7) is 2.57. The van der Waals surface area contributed by atoms with Crippen LogP contribution in [0.5, 0.6) is 5.75 Å². The summed E-state index contributed by atoms with van der Waals surface area (Å²) in [6, 6.07) is 12.5. The zero-order valence-corrected chi connectivity index (χ0v) is 10.5. The van der Waals surface area contributed by atoms with Crippen molar-refractivity contribution in [2.45, 2.75) is 13.5 Å². The second-order valence-electron chi connectivity index (χ2n) is 4.12. The second-order valence-corrected chi connectivity index (χ2v) is 4.12. The summed E-state index contributed by atoms with van der Waals surface area (Å²) < 4.78 is 18.4. The van der Waals surface area contributed by atoms with E-state index in [1.165, 1.54) is 12.1 Å². The molecule has 0 heterocycles. The van der Waals surface area contributed by atoms with Gasteiger partial charge < -0.3 is 10.1 Å². The van der Waals surface area contributed by atoms with Crippen molar-refractivity contribution in [2.75, 3.05) is 12.4 Å². The maximum Gasteiger partial charge on any atom is 0.124 e. The predicted molar refractivity (Wildman–Crippen MR) is 71.5 cm³/mol. The first-order valence-electron chi connectivity index (χ1n) is 5.82. The summed E-state index contributed by atoms with van der Waals surface area (Å²) in [7, 11) is 1.59. The normalized spacial score (nSPS) is 10.2. The minimum atomic E-state index is -0.252. The van der Waals surface area contributed by atoms with Gasteiger partial charge in [0.25, 0.3) is 0 Å². The molecule has 0 saturated carbocycles. The quantitative estimate of drug-likeness (QED) is 0.885. The molecule has 0 spiro atoms. The molecule has 0 radical (unpaired) electrons. The van der Waals surface area contributed by atoms with E-state index < -0.39 is 0 Å². The predicted octanol–water partition coefficient (Wildman–Crippen LogP) is 3.75. The molecule has 0 atom stereocenters. The van der Waals surface area contributed by atoms with Crippen LogP contribution >= 0.6 is 0 Å². The lowest BCUT2D eigenvalue weighted by atomic mass is 10.1. The summed E-state index contributed by atoms with van der Waals surface area (Å²) in [6.07, 6.45) is 0. The van der Waals surface area contributed by atoms with Gasteiger partial charge in [0, 0.05) is 17.8 Å². The Morgan fingerprint density at radius 2 is 1.94 bits per heavy atom. The lowest BCUT2D eigenvalue weighted by molar-refractivity contribution is 0.409. The van der Waals surface area contributed by atoms with Crippen LogP contribution in [-0.4, -0.2) is 7.11 Å². The number of nitrogens with one attached hydrogen (secondary N) is 1. The molecule has 2 rings (SSSR count). The van der Waals surface area contributed by atoms with E-state index in [1.807, 2.05) is 31.2 Å². The van der Waals surface area contributed by atoms with E-state index in [4.69, 9.17) is 4.74 Å². The summed E-state index contributed by atoms with van der Waals surface area (Å²) in [5.41, 5.74) is 3.01. The highest BCUT2D eigenvalue weighted by molar-refractivity contribution is 5.51. The number of ether oxygens (including phenoxy) is 1. The molecule has 0 saturated heterocycles. The number of para-hydroxylation sites is 1. The molecule has 0 fully saturated rings. The smallest absolute Gasteiger partial charge is 0.124 e. The molecule has 1 N–H and O–H groups in total. The number of hydrogen-bond donors (Lipinski definition) is 1.